The number of aliphatic carboxylic acids is 1. The summed E-state index contributed by atoms with van der Waals surface area (Å²) >= 11 is 0. The van der Waals surface area contributed by atoms with Gasteiger partial charge in [0.2, 0.25) is 35.4 Å². The molecule has 0 saturated carbocycles. The largest absolute Gasteiger partial charge is 0.480 e. The molecule has 1 heterocycles. The summed E-state index contributed by atoms with van der Waals surface area (Å²) in [5.74, 6) is -5.02. The number of hydrogen-bond donors (Lipinski definition) is 7. The van der Waals surface area contributed by atoms with Crippen molar-refractivity contribution < 1.29 is 38.7 Å². The fraction of sp³-hybridized carbons (Fsp3) is 0.667. The molecular formula is C21H35N7O8. The number of hydrogen-bond acceptors (Lipinski definition) is 8. The first-order valence-electron chi connectivity index (χ1n) is 11.5. The van der Waals surface area contributed by atoms with Crippen LogP contribution in [-0.4, -0.2) is 102 Å². The van der Waals surface area contributed by atoms with E-state index in [9.17, 15) is 33.6 Å². The Labute approximate surface area is 208 Å². The Morgan fingerprint density at radius 1 is 1.00 bits per heavy atom. The summed E-state index contributed by atoms with van der Waals surface area (Å²) in [5, 5.41) is 21.0. The van der Waals surface area contributed by atoms with Crippen molar-refractivity contribution in [2.24, 2.45) is 5.73 Å². The highest BCUT2D eigenvalue weighted by Crippen LogP contribution is 2.04. The van der Waals surface area contributed by atoms with Crippen LogP contribution in [0.4, 0.5) is 0 Å². The molecule has 8 N–H and O–H groups in total. The van der Waals surface area contributed by atoms with E-state index in [1.807, 2.05) is 0 Å². The van der Waals surface area contributed by atoms with Crippen LogP contribution in [0.1, 0.15) is 39.5 Å². The topological polar surface area (TPSA) is 229 Å². The van der Waals surface area contributed by atoms with Gasteiger partial charge in [0.25, 0.3) is 0 Å². The SMILES string of the molecule is CC(C)N(CC(=O)NCC(=O)O)C(=O)CNC(=O)C(CCC(N)=O)NC(=O)CNC(=O)C1CCCN1. The van der Waals surface area contributed by atoms with Crippen LogP contribution in [0.25, 0.3) is 0 Å². The average Bonchev–Trinajstić information content (AvgIpc) is 3.35. The zero-order valence-corrected chi connectivity index (χ0v) is 20.4. The van der Waals surface area contributed by atoms with E-state index >= 15 is 0 Å². The molecule has 1 fully saturated rings. The summed E-state index contributed by atoms with van der Waals surface area (Å²) in [6, 6.07) is -2.02. The van der Waals surface area contributed by atoms with Gasteiger partial charge in [0.15, 0.2) is 0 Å². The molecule has 1 aliphatic heterocycles. The van der Waals surface area contributed by atoms with Crippen LogP contribution < -0.4 is 32.3 Å². The predicted octanol–water partition coefficient (Wildman–Crippen LogP) is -3.84. The summed E-state index contributed by atoms with van der Waals surface area (Å²) in [5.41, 5.74) is 5.14. The van der Waals surface area contributed by atoms with Crippen molar-refractivity contribution in [1.29, 1.82) is 0 Å². The van der Waals surface area contributed by atoms with Gasteiger partial charge in [-0.25, -0.2) is 0 Å². The number of nitrogens with zero attached hydrogens (tertiary/aromatic N) is 1. The van der Waals surface area contributed by atoms with Crippen LogP contribution >= 0.6 is 0 Å². The van der Waals surface area contributed by atoms with Gasteiger partial charge in [0, 0.05) is 12.5 Å². The normalized spacial score (nSPS) is 15.5. The van der Waals surface area contributed by atoms with Crippen LogP contribution in [0.5, 0.6) is 0 Å². The summed E-state index contributed by atoms with van der Waals surface area (Å²) in [6.45, 7) is 2.05. The van der Waals surface area contributed by atoms with Gasteiger partial charge < -0.3 is 42.3 Å². The van der Waals surface area contributed by atoms with Gasteiger partial charge in [-0.05, 0) is 39.7 Å². The number of carbonyl (C=O) groups is 7. The Hall–Kier alpha value is -3.75. The van der Waals surface area contributed by atoms with E-state index < -0.39 is 67.2 Å². The number of carboxylic acid groups (broad SMARTS) is 1. The van der Waals surface area contributed by atoms with Crippen LogP contribution in [0.15, 0.2) is 0 Å². The second-order valence-corrected chi connectivity index (χ2v) is 8.50. The van der Waals surface area contributed by atoms with Crippen LogP contribution in [0.3, 0.4) is 0 Å². The monoisotopic (exact) mass is 513 g/mol. The lowest BCUT2D eigenvalue weighted by molar-refractivity contribution is -0.140. The third kappa shape index (κ3) is 11.6. The van der Waals surface area contributed by atoms with Crippen molar-refractivity contribution in [2.45, 2.75) is 57.7 Å². The predicted molar refractivity (Wildman–Crippen MR) is 125 cm³/mol. The highest BCUT2D eigenvalue weighted by atomic mass is 16.4. The number of carboxylic acids is 1. The highest BCUT2D eigenvalue weighted by Gasteiger charge is 2.26. The Bertz CT molecular complexity index is 842. The molecule has 0 aromatic heterocycles. The van der Waals surface area contributed by atoms with Crippen molar-refractivity contribution in [1.82, 2.24) is 31.5 Å². The maximum absolute atomic E-state index is 12.6. The molecule has 0 spiro atoms. The number of nitrogens with two attached hydrogens (primary N) is 1. The zero-order valence-electron chi connectivity index (χ0n) is 20.4. The molecule has 2 unspecified atom stereocenters. The molecule has 1 saturated heterocycles. The molecule has 15 heteroatoms. The van der Waals surface area contributed by atoms with Crippen LogP contribution in [0.2, 0.25) is 0 Å². The van der Waals surface area contributed by atoms with Crippen molar-refractivity contribution in [3.05, 3.63) is 0 Å². The van der Waals surface area contributed by atoms with Gasteiger partial charge in [0.05, 0.1) is 25.7 Å². The van der Waals surface area contributed by atoms with Crippen molar-refractivity contribution in [2.75, 3.05) is 32.7 Å². The minimum atomic E-state index is -1.24. The molecule has 15 nitrogen and oxygen atoms in total. The maximum Gasteiger partial charge on any atom is 0.322 e. The molecule has 202 valence electrons. The summed E-state index contributed by atoms with van der Waals surface area (Å²) in [6.07, 6.45) is 1.15. The van der Waals surface area contributed by atoms with E-state index in [1.54, 1.807) is 13.8 Å². The van der Waals surface area contributed by atoms with E-state index in [2.05, 4.69) is 26.6 Å². The first-order chi connectivity index (χ1) is 16.9. The van der Waals surface area contributed by atoms with E-state index in [4.69, 9.17) is 10.8 Å². The van der Waals surface area contributed by atoms with Gasteiger partial charge in [-0.15, -0.1) is 0 Å². The molecule has 2 atom stereocenters. The van der Waals surface area contributed by atoms with Gasteiger partial charge in [-0.1, -0.05) is 0 Å². The molecule has 36 heavy (non-hydrogen) atoms. The quantitative estimate of drug-likeness (QED) is 0.113. The van der Waals surface area contributed by atoms with Crippen molar-refractivity contribution in [3.63, 3.8) is 0 Å². The molecule has 0 aromatic carbocycles. The second kappa shape index (κ2) is 15.3. The second-order valence-electron chi connectivity index (χ2n) is 8.50. The minimum absolute atomic E-state index is 0.134. The van der Waals surface area contributed by atoms with Crippen LogP contribution in [0, 0.1) is 0 Å². The minimum Gasteiger partial charge on any atom is -0.480 e. The summed E-state index contributed by atoms with van der Waals surface area (Å²) < 4.78 is 0. The van der Waals surface area contributed by atoms with Crippen LogP contribution in [-0.2, 0) is 33.6 Å². The van der Waals surface area contributed by atoms with Crippen molar-refractivity contribution in [3.8, 4) is 0 Å². The molecule has 6 amide bonds. The van der Waals surface area contributed by atoms with E-state index in [-0.39, 0.29) is 31.3 Å². The van der Waals surface area contributed by atoms with Gasteiger partial charge in [-0.2, -0.15) is 0 Å². The molecular weight excluding hydrogens is 478 g/mol. The number of primary amides is 1. The molecule has 0 aliphatic carbocycles. The average molecular weight is 514 g/mol. The molecule has 1 aliphatic rings. The fourth-order valence-corrected chi connectivity index (χ4v) is 3.33. The molecule has 0 bridgehead atoms. The van der Waals surface area contributed by atoms with Gasteiger partial charge in [0.1, 0.15) is 12.6 Å². The Balaban J connectivity index is 2.65. The van der Waals surface area contributed by atoms with Crippen molar-refractivity contribution >= 4 is 41.4 Å². The van der Waals surface area contributed by atoms with E-state index in [0.717, 1.165) is 11.3 Å². The number of amides is 6. The Kier molecular flexibility index (Phi) is 12.9. The Morgan fingerprint density at radius 3 is 2.25 bits per heavy atom. The molecule has 0 radical (unpaired) electrons. The van der Waals surface area contributed by atoms with Gasteiger partial charge >= 0.3 is 5.97 Å². The maximum atomic E-state index is 12.6. The molecule has 1 rings (SSSR count). The third-order valence-corrected chi connectivity index (χ3v) is 5.24. The molecule has 0 aromatic rings. The number of rotatable bonds is 15. The number of carbonyl (C=O) groups excluding carboxylic acids is 6. The summed E-state index contributed by atoms with van der Waals surface area (Å²) in [7, 11) is 0. The number of nitrogens with one attached hydrogen (secondary N) is 5. The zero-order chi connectivity index (χ0) is 27.3. The smallest absolute Gasteiger partial charge is 0.322 e. The lowest BCUT2D eigenvalue weighted by Gasteiger charge is -2.26. The van der Waals surface area contributed by atoms with E-state index in [1.165, 1.54) is 0 Å². The first-order valence-corrected chi connectivity index (χ1v) is 11.5. The highest BCUT2D eigenvalue weighted by molar-refractivity contribution is 5.93. The van der Waals surface area contributed by atoms with Gasteiger partial charge in [-0.3, -0.25) is 33.6 Å². The van der Waals surface area contributed by atoms with E-state index in [0.29, 0.717) is 13.0 Å². The fourth-order valence-electron chi connectivity index (χ4n) is 3.33. The summed E-state index contributed by atoms with van der Waals surface area (Å²) in [4.78, 5) is 84.3. The lowest BCUT2D eigenvalue weighted by atomic mass is 10.1. The standard InChI is InChI=1S/C21H35N7O8/c1-12(2)28(11-17(31)24-10-19(33)34)18(32)9-26-21(36)14(5-6-15(22)29)27-16(30)8-25-20(35)13-4-3-7-23-13/h12-14,23H,3-11H2,1-2H3,(H2,22,29)(H,24,31)(H,25,35)(H,26,36)(H,27,30)(H,33,34). The lowest BCUT2D eigenvalue weighted by Crippen LogP contribution is -2.53. The third-order valence-electron chi connectivity index (χ3n) is 5.24. The first kappa shape index (κ1) is 30.3. The Morgan fingerprint density at radius 2 is 1.69 bits per heavy atom.